The van der Waals surface area contributed by atoms with Gasteiger partial charge in [0.15, 0.2) is 6.10 Å². The molecule has 1 amide bonds. The Labute approximate surface area is 142 Å². The summed E-state index contributed by atoms with van der Waals surface area (Å²) < 4.78 is 19.4. The molecular weight excluding hydrogens is 333 g/mol. The van der Waals surface area contributed by atoms with Crippen LogP contribution in [0.3, 0.4) is 0 Å². The average molecular weight is 346 g/mol. The fourth-order valence-electron chi connectivity index (χ4n) is 2.55. The van der Waals surface area contributed by atoms with Gasteiger partial charge in [-0.05, 0) is 35.9 Å². The van der Waals surface area contributed by atoms with Crippen molar-refractivity contribution < 1.29 is 18.7 Å². The second-order valence-corrected chi connectivity index (χ2v) is 5.71. The van der Waals surface area contributed by atoms with Crippen molar-refractivity contribution in [2.24, 2.45) is 0 Å². The van der Waals surface area contributed by atoms with Gasteiger partial charge in [-0.1, -0.05) is 29.8 Å². The molecule has 2 aromatic carbocycles. The summed E-state index contributed by atoms with van der Waals surface area (Å²) in [6.07, 6.45) is 0.264. The monoisotopic (exact) mass is 345 g/mol. The van der Waals surface area contributed by atoms with Gasteiger partial charge < -0.3 is 10.1 Å². The molecule has 0 aromatic heterocycles. The highest BCUT2D eigenvalue weighted by atomic mass is 35.5. The summed E-state index contributed by atoms with van der Waals surface area (Å²) in [5.74, 6) is -1.58. The molecule has 0 fully saturated rings. The maximum absolute atomic E-state index is 14.3. The lowest BCUT2D eigenvalue weighted by molar-refractivity contribution is -0.149. The van der Waals surface area contributed by atoms with Crippen LogP contribution in [-0.4, -0.2) is 18.0 Å². The number of benzene rings is 2. The molecule has 3 rings (SSSR count). The van der Waals surface area contributed by atoms with E-state index in [-0.39, 0.29) is 5.56 Å². The second-order valence-electron chi connectivity index (χ2n) is 5.27. The summed E-state index contributed by atoms with van der Waals surface area (Å²) >= 11 is 6.06. The van der Waals surface area contributed by atoms with Crippen LogP contribution in [0.2, 0.25) is 5.02 Å². The number of hydrogen-bond acceptors (Lipinski definition) is 3. The predicted octanol–water partition coefficient (Wildman–Crippen LogP) is 3.79. The molecule has 1 unspecified atom stereocenters. The number of hydrogen-bond donors (Lipinski definition) is 1. The summed E-state index contributed by atoms with van der Waals surface area (Å²) in [7, 11) is 0. The normalized spacial score (nSPS) is 16.5. The zero-order valence-corrected chi connectivity index (χ0v) is 13.4. The van der Waals surface area contributed by atoms with Gasteiger partial charge >= 0.3 is 5.97 Å². The molecule has 1 heterocycles. The van der Waals surface area contributed by atoms with E-state index in [0.717, 1.165) is 0 Å². The molecule has 0 spiro atoms. The van der Waals surface area contributed by atoms with Crippen molar-refractivity contribution in [1.82, 2.24) is 0 Å². The smallest absolute Gasteiger partial charge is 0.303 e. The minimum absolute atomic E-state index is 0.287. The fourth-order valence-corrected chi connectivity index (χ4v) is 2.72. The van der Waals surface area contributed by atoms with Crippen molar-refractivity contribution in [3.8, 4) is 0 Å². The average Bonchev–Trinajstić information content (AvgIpc) is 2.65. The number of nitrogens with one attached hydrogen (secondary N) is 1. The van der Waals surface area contributed by atoms with E-state index in [2.05, 4.69) is 5.32 Å². The lowest BCUT2D eigenvalue weighted by atomic mass is 9.95. The molecule has 24 heavy (non-hydrogen) atoms. The number of ether oxygens (including phenoxy) is 1. The summed E-state index contributed by atoms with van der Waals surface area (Å²) in [6, 6.07) is 11.0. The van der Waals surface area contributed by atoms with Crippen LogP contribution < -0.4 is 5.32 Å². The Balaban J connectivity index is 2.23. The molecular formula is C18H13ClFNO3. The second kappa shape index (κ2) is 6.45. The Morgan fingerprint density at radius 3 is 2.67 bits per heavy atom. The first kappa shape index (κ1) is 16.2. The maximum atomic E-state index is 14.3. The van der Waals surface area contributed by atoms with Crippen molar-refractivity contribution in [3.63, 3.8) is 0 Å². The van der Waals surface area contributed by atoms with Crippen LogP contribution in [0.4, 0.5) is 10.1 Å². The fraction of sp³-hybridized carbons (Fsp3) is 0.111. The molecule has 1 N–H and O–H groups in total. The molecule has 0 bridgehead atoms. The van der Waals surface area contributed by atoms with Gasteiger partial charge in [0, 0.05) is 28.8 Å². The number of carbonyl (C=O) groups excluding carboxylic acids is 2. The van der Waals surface area contributed by atoms with E-state index < -0.39 is 23.8 Å². The third kappa shape index (κ3) is 3.16. The van der Waals surface area contributed by atoms with Crippen LogP contribution in [0.25, 0.3) is 5.57 Å². The van der Waals surface area contributed by atoms with Crippen LogP contribution >= 0.6 is 11.6 Å². The van der Waals surface area contributed by atoms with Crippen LogP contribution in [0, 0.1) is 5.82 Å². The third-order valence-corrected chi connectivity index (χ3v) is 3.80. The molecule has 0 aliphatic carbocycles. The van der Waals surface area contributed by atoms with Gasteiger partial charge in [0.05, 0.1) is 0 Å². The zero-order valence-electron chi connectivity index (χ0n) is 12.7. The number of rotatable bonds is 2. The Morgan fingerprint density at radius 2 is 1.96 bits per heavy atom. The highest BCUT2D eigenvalue weighted by Crippen LogP contribution is 2.35. The van der Waals surface area contributed by atoms with Crippen LogP contribution in [0.15, 0.2) is 48.5 Å². The summed E-state index contributed by atoms with van der Waals surface area (Å²) in [5, 5.41) is 3.12. The molecule has 2 aromatic rings. The van der Waals surface area contributed by atoms with E-state index in [9.17, 15) is 14.0 Å². The SMILES string of the molecule is CC(=O)OC1C=C(c2ccccc2F)c2cc(Cl)ccc2NC1=O. The number of esters is 1. The molecule has 0 radical (unpaired) electrons. The first-order valence-corrected chi connectivity index (χ1v) is 7.58. The minimum atomic E-state index is -1.16. The van der Waals surface area contributed by atoms with Crippen molar-refractivity contribution in [3.05, 3.63) is 70.5 Å². The standard InChI is InChI=1S/C18H13ClFNO3/c1-10(22)24-17-9-13(12-4-2-3-5-15(12)20)14-8-11(19)6-7-16(14)21-18(17)23/h2-9,17H,1H3,(H,21,23). The van der Waals surface area contributed by atoms with Crippen molar-refractivity contribution in [2.75, 3.05) is 5.32 Å². The first-order valence-electron chi connectivity index (χ1n) is 7.20. The van der Waals surface area contributed by atoms with Gasteiger partial charge in [-0.2, -0.15) is 0 Å². The van der Waals surface area contributed by atoms with E-state index in [1.54, 1.807) is 36.4 Å². The third-order valence-electron chi connectivity index (χ3n) is 3.56. The quantitative estimate of drug-likeness (QED) is 0.842. The summed E-state index contributed by atoms with van der Waals surface area (Å²) in [5.41, 5.74) is 1.73. The van der Waals surface area contributed by atoms with Gasteiger partial charge in [-0.15, -0.1) is 0 Å². The van der Waals surface area contributed by atoms with Gasteiger partial charge in [0.25, 0.3) is 5.91 Å². The topological polar surface area (TPSA) is 55.4 Å². The van der Waals surface area contributed by atoms with E-state index in [1.807, 2.05) is 0 Å². The summed E-state index contributed by atoms with van der Waals surface area (Å²) in [4.78, 5) is 23.6. The van der Waals surface area contributed by atoms with Gasteiger partial charge in [0.1, 0.15) is 5.82 Å². The lowest BCUT2D eigenvalue weighted by Gasteiger charge is -2.12. The molecule has 1 aliphatic heterocycles. The van der Waals surface area contributed by atoms with Crippen molar-refractivity contribution in [1.29, 1.82) is 0 Å². The highest BCUT2D eigenvalue weighted by molar-refractivity contribution is 6.31. The Bertz CT molecular complexity index is 863. The number of anilines is 1. The van der Waals surface area contributed by atoms with Crippen LogP contribution in [-0.2, 0) is 14.3 Å². The van der Waals surface area contributed by atoms with Gasteiger partial charge in [-0.25, -0.2) is 4.39 Å². The lowest BCUT2D eigenvalue weighted by Crippen LogP contribution is -2.29. The minimum Gasteiger partial charge on any atom is -0.448 e. The highest BCUT2D eigenvalue weighted by Gasteiger charge is 2.27. The molecule has 0 saturated heterocycles. The molecule has 4 nitrogen and oxygen atoms in total. The largest absolute Gasteiger partial charge is 0.448 e. The molecule has 122 valence electrons. The number of halogens is 2. The van der Waals surface area contributed by atoms with Crippen molar-refractivity contribution in [2.45, 2.75) is 13.0 Å². The Morgan fingerprint density at radius 1 is 1.21 bits per heavy atom. The van der Waals surface area contributed by atoms with E-state index in [1.165, 1.54) is 19.1 Å². The number of fused-ring (bicyclic) bond motifs is 1. The van der Waals surface area contributed by atoms with Crippen LogP contribution in [0.5, 0.6) is 0 Å². The van der Waals surface area contributed by atoms with E-state index in [4.69, 9.17) is 16.3 Å². The van der Waals surface area contributed by atoms with Gasteiger partial charge in [0.2, 0.25) is 0 Å². The van der Waals surface area contributed by atoms with E-state index >= 15 is 0 Å². The molecule has 6 heteroatoms. The van der Waals surface area contributed by atoms with Crippen molar-refractivity contribution >= 4 is 34.7 Å². The number of amides is 1. The predicted molar refractivity (Wildman–Crippen MR) is 89.1 cm³/mol. The molecule has 1 atom stereocenters. The molecule has 1 aliphatic rings. The first-order chi connectivity index (χ1) is 11.5. The zero-order chi connectivity index (χ0) is 17.3. The Hall–Kier alpha value is -2.66. The Kier molecular flexibility index (Phi) is 4.36. The maximum Gasteiger partial charge on any atom is 0.303 e. The van der Waals surface area contributed by atoms with Gasteiger partial charge in [-0.3, -0.25) is 9.59 Å². The van der Waals surface area contributed by atoms with Crippen LogP contribution in [0.1, 0.15) is 18.1 Å². The molecule has 0 saturated carbocycles. The van der Waals surface area contributed by atoms with E-state index in [0.29, 0.717) is 21.8 Å². The summed E-state index contributed by atoms with van der Waals surface area (Å²) in [6.45, 7) is 1.21. The number of carbonyl (C=O) groups is 2.